The molecule has 0 saturated carbocycles. The third kappa shape index (κ3) is 2.58. The van der Waals surface area contributed by atoms with Gasteiger partial charge < -0.3 is 14.0 Å². The van der Waals surface area contributed by atoms with Crippen LogP contribution >= 0.6 is 0 Å². The highest BCUT2D eigenvalue weighted by Crippen LogP contribution is 2.19. The van der Waals surface area contributed by atoms with Crippen LogP contribution < -0.4 is 0 Å². The van der Waals surface area contributed by atoms with Gasteiger partial charge >= 0.3 is 7.12 Å². The van der Waals surface area contributed by atoms with Crippen molar-refractivity contribution in [2.75, 3.05) is 21.3 Å². The second-order valence-corrected chi connectivity index (χ2v) is 2.91. The molecule has 0 saturated heterocycles. The van der Waals surface area contributed by atoms with E-state index in [2.05, 4.69) is 0 Å². The maximum atomic E-state index is 5.33. The molecule has 3 nitrogen and oxygen atoms in total. The van der Waals surface area contributed by atoms with E-state index in [0.29, 0.717) is 0 Å². The van der Waals surface area contributed by atoms with Crippen LogP contribution in [0.15, 0.2) is 30.3 Å². The second-order valence-electron chi connectivity index (χ2n) is 2.91. The molecule has 0 bridgehead atoms. The standard InChI is InChI=1S/C10H15BO3/c1-12-10(11(13-2)14-3)9-7-5-4-6-8-9/h4-8,10H,1-3H3. The summed E-state index contributed by atoms with van der Waals surface area (Å²) in [6.45, 7) is 0. The summed E-state index contributed by atoms with van der Waals surface area (Å²) in [5.74, 6) is 0. The molecule has 0 fully saturated rings. The third-order valence-corrected chi connectivity index (χ3v) is 2.09. The lowest BCUT2D eigenvalue weighted by atomic mass is 9.76. The monoisotopic (exact) mass is 194 g/mol. The molecule has 4 heteroatoms. The lowest BCUT2D eigenvalue weighted by Crippen LogP contribution is -2.30. The quantitative estimate of drug-likeness (QED) is 0.667. The highest BCUT2D eigenvalue weighted by atomic mass is 16.6. The van der Waals surface area contributed by atoms with Crippen molar-refractivity contribution in [2.24, 2.45) is 0 Å². The lowest BCUT2D eigenvalue weighted by Gasteiger charge is -2.19. The summed E-state index contributed by atoms with van der Waals surface area (Å²) in [5.41, 5.74) is 1.05. The van der Waals surface area contributed by atoms with Crippen molar-refractivity contribution in [3.8, 4) is 0 Å². The zero-order valence-electron chi connectivity index (χ0n) is 8.77. The number of ether oxygens (including phenoxy) is 1. The minimum absolute atomic E-state index is 0.189. The first-order valence-corrected chi connectivity index (χ1v) is 4.46. The maximum Gasteiger partial charge on any atom is 0.492 e. The Kier molecular flexibility index (Phi) is 4.66. The molecule has 1 aromatic carbocycles. The summed E-state index contributed by atoms with van der Waals surface area (Å²) in [5, 5.41) is 0. The average molecular weight is 194 g/mol. The van der Waals surface area contributed by atoms with Crippen molar-refractivity contribution in [1.82, 2.24) is 0 Å². The average Bonchev–Trinajstić information content (AvgIpc) is 2.27. The molecule has 0 amide bonds. The molecule has 0 radical (unpaired) electrons. The van der Waals surface area contributed by atoms with Gasteiger partial charge in [-0.1, -0.05) is 30.3 Å². The zero-order chi connectivity index (χ0) is 10.4. The summed E-state index contributed by atoms with van der Waals surface area (Å²) < 4.78 is 15.6. The van der Waals surface area contributed by atoms with E-state index in [1.54, 1.807) is 21.3 Å². The van der Waals surface area contributed by atoms with Crippen LogP contribution in [0.4, 0.5) is 0 Å². The van der Waals surface area contributed by atoms with Crippen LogP contribution in [0.1, 0.15) is 11.6 Å². The Balaban J connectivity index is 2.81. The van der Waals surface area contributed by atoms with Gasteiger partial charge in [-0.05, 0) is 5.56 Å². The van der Waals surface area contributed by atoms with E-state index < -0.39 is 0 Å². The van der Waals surface area contributed by atoms with Gasteiger partial charge in [0.15, 0.2) is 0 Å². The van der Waals surface area contributed by atoms with Crippen molar-refractivity contribution in [1.29, 1.82) is 0 Å². The van der Waals surface area contributed by atoms with Gasteiger partial charge in [-0.15, -0.1) is 0 Å². The molecule has 0 aliphatic rings. The Morgan fingerprint density at radius 1 is 1.00 bits per heavy atom. The molecule has 76 valence electrons. The first kappa shape index (κ1) is 11.2. The number of methoxy groups -OCH3 is 1. The van der Waals surface area contributed by atoms with Crippen LogP contribution in [0.3, 0.4) is 0 Å². The third-order valence-electron chi connectivity index (χ3n) is 2.09. The van der Waals surface area contributed by atoms with Crippen LogP contribution in [0, 0.1) is 0 Å². The summed E-state index contributed by atoms with van der Waals surface area (Å²) in [4.78, 5) is 0. The van der Waals surface area contributed by atoms with Crippen LogP contribution in [0.25, 0.3) is 0 Å². The molecule has 0 N–H and O–H groups in total. The van der Waals surface area contributed by atoms with E-state index in [1.165, 1.54) is 0 Å². The largest absolute Gasteiger partial charge is 0.492 e. The Hall–Kier alpha value is -0.835. The molecule has 1 aromatic rings. The van der Waals surface area contributed by atoms with Gasteiger partial charge in [0, 0.05) is 21.3 Å². The molecule has 0 heterocycles. The summed E-state index contributed by atoms with van der Waals surface area (Å²) >= 11 is 0. The fourth-order valence-corrected chi connectivity index (χ4v) is 1.39. The fraction of sp³-hybridized carbons (Fsp3) is 0.400. The van der Waals surface area contributed by atoms with E-state index in [1.807, 2.05) is 30.3 Å². The van der Waals surface area contributed by atoms with E-state index >= 15 is 0 Å². The number of rotatable bonds is 5. The highest BCUT2D eigenvalue weighted by molar-refractivity contribution is 6.45. The molecule has 0 spiro atoms. The minimum atomic E-state index is -0.373. The van der Waals surface area contributed by atoms with Gasteiger partial charge in [0.05, 0.1) is 0 Å². The van der Waals surface area contributed by atoms with Crippen LogP contribution in [-0.2, 0) is 14.0 Å². The summed E-state index contributed by atoms with van der Waals surface area (Å²) in [7, 11) is 4.47. The molecule has 0 aliphatic carbocycles. The summed E-state index contributed by atoms with van der Waals surface area (Å²) in [6.07, 6.45) is 0. The van der Waals surface area contributed by atoms with Gasteiger partial charge in [0.25, 0.3) is 0 Å². The van der Waals surface area contributed by atoms with Gasteiger partial charge in [-0.2, -0.15) is 0 Å². The molecular formula is C10H15BO3. The molecule has 0 aromatic heterocycles. The SMILES string of the molecule is COB(OC)C(OC)c1ccccc1. The predicted molar refractivity (Wildman–Crippen MR) is 56.0 cm³/mol. The first-order chi connectivity index (χ1) is 6.83. The number of benzene rings is 1. The van der Waals surface area contributed by atoms with Gasteiger partial charge in [0.2, 0.25) is 0 Å². The Bertz CT molecular complexity index is 249. The van der Waals surface area contributed by atoms with Crippen molar-refractivity contribution in [2.45, 2.75) is 6.00 Å². The molecule has 1 unspecified atom stereocenters. The topological polar surface area (TPSA) is 27.7 Å². The Labute approximate surface area is 85.1 Å². The van der Waals surface area contributed by atoms with Crippen LogP contribution in [0.5, 0.6) is 0 Å². The Morgan fingerprint density at radius 3 is 2.00 bits per heavy atom. The fourth-order valence-electron chi connectivity index (χ4n) is 1.39. The van der Waals surface area contributed by atoms with E-state index in [9.17, 15) is 0 Å². The number of hydrogen-bond donors (Lipinski definition) is 0. The van der Waals surface area contributed by atoms with Gasteiger partial charge in [0.1, 0.15) is 6.00 Å². The smallest absolute Gasteiger partial charge is 0.412 e. The van der Waals surface area contributed by atoms with E-state index in [4.69, 9.17) is 14.0 Å². The molecule has 1 atom stereocenters. The van der Waals surface area contributed by atoms with Crippen molar-refractivity contribution in [3.63, 3.8) is 0 Å². The molecular weight excluding hydrogens is 179 g/mol. The minimum Gasteiger partial charge on any atom is -0.412 e. The number of hydrogen-bond acceptors (Lipinski definition) is 3. The van der Waals surface area contributed by atoms with E-state index in [-0.39, 0.29) is 13.1 Å². The molecule has 1 rings (SSSR count). The Morgan fingerprint density at radius 2 is 1.57 bits per heavy atom. The normalized spacial score (nSPS) is 12.5. The van der Waals surface area contributed by atoms with Crippen LogP contribution in [-0.4, -0.2) is 28.4 Å². The zero-order valence-corrected chi connectivity index (χ0v) is 8.77. The second kappa shape index (κ2) is 5.80. The van der Waals surface area contributed by atoms with E-state index in [0.717, 1.165) is 5.56 Å². The summed E-state index contributed by atoms with van der Waals surface area (Å²) in [6, 6.07) is 9.67. The lowest BCUT2D eigenvalue weighted by molar-refractivity contribution is 0.114. The maximum absolute atomic E-state index is 5.33. The van der Waals surface area contributed by atoms with Crippen molar-refractivity contribution >= 4 is 7.12 Å². The first-order valence-electron chi connectivity index (χ1n) is 4.46. The van der Waals surface area contributed by atoms with Crippen molar-refractivity contribution in [3.05, 3.63) is 35.9 Å². The molecule has 0 aliphatic heterocycles. The highest BCUT2D eigenvalue weighted by Gasteiger charge is 2.29. The van der Waals surface area contributed by atoms with Gasteiger partial charge in [-0.25, -0.2) is 0 Å². The predicted octanol–water partition coefficient (Wildman–Crippen LogP) is 1.69. The van der Waals surface area contributed by atoms with Crippen LogP contribution in [0.2, 0.25) is 0 Å². The van der Waals surface area contributed by atoms with Gasteiger partial charge in [-0.3, -0.25) is 0 Å². The molecule has 14 heavy (non-hydrogen) atoms. The van der Waals surface area contributed by atoms with Crippen molar-refractivity contribution < 1.29 is 14.0 Å².